The molecule has 1 N–H and O–H groups in total. The fourth-order valence-corrected chi connectivity index (χ4v) is 3.68. The molecule has 0 fully saturated rings. The molecule has 0 amide bonds. The summed E-state index contributed by atoms with van der Waals surface area (Å²) in [4.78, 5) is 16.7. The second-order valence-electron chi connectivity index (χ2n) is 7.44. The molecular weight excluding hydrogens is 424 g/mol. The van der Waals surface area contributed by atoms with E-state index in [0.29, 0.717) is 51.5 Å². The summed E-state index contributed by atoms with van der Waals surface area (Å²) in [5.74, 6) is 0.688. The minimum absolute atomic E-state index is 0.370. The van der Waals surface area contributed by atoms with E-state index in [-0.39, 0.29) is 0 Å². The molecule has 0 radical (unpaired) electrons. The van der Waals surface area contributed by atoms with E-state index >= 15 is 0 Å². The molecule has 3 aromatic heterocycles. The third-order valence-corrected chi connectivity index (χ3v) is 5.27. The minimum Gasteiger partial charge on any atom is -0.340 e. The van der Waals surface area contributed by atoms with Crippen LogP contribution in [-0.2, 0) is 12.8 Å². The van der Waals surface area contributed by atoms with Crippen molar-refractivity contribution in [3.05, 3.63) is 84.1 Å². The van der Waals surface area contributed by atoms with E-state index in [1.165, 1.54) is 12.3 Å². The molecule has 3 heterocycles. The molecule has 0 atom stereocenters. The molecule has 5 aromatic rings. The van der Waals surface area contributed by atoms with Crippen molar-refractivity contribution in [1.29, 1.82) is 5.26 Å². The van der Waals surface area contributed by atoms with Gasteiger partial charge in [0.2, 0.25) is 0 Å². The zero-order chi connectivity index (χ0) is 22.8. The number of nitrogens with one attached hydrogen (secondary N) is 1. The lowest BCUT2D eigenvalue weighted by Crippen LogP contribution is -1.98. The number of nitriles is 1. The Morgan fingerprint density at radius 1 is 1.00 bits per heavy atom. The zero-order valence-corrected chi connectivity index (χ0v) is 17.3. The van der Waals surface area contributed by atoms with E-state index in [1.807, 2.05) is 36.4 Å². The number of nitrogens with zero attached hydrogens (tertiary/aromatic N) is 6. The van der Waals surface area contributed by atoms with E-state index < -0.39 is 6.55 Å². The highest BCUT2D eigenvalue weighted by Gasteiger charge is 2.18. The van der Waals surface area contributed by atoms with Crippen LogP contribution in [0.5, 0.6) is 0 Å². The molecule has 0 saturated heterocycles. The van der Waals surface area contributed by atoms with Crippen LogP contribution in [0.1, 0.15) is 23.5 Å². The number of hydrogen-bond acceptors (Lipinski definition) is 5. The van der Waals surface area contributed by atoms with Crippen LogP contribution in [-0.4, -0.2) is 29.7 Å². The molecule has 0 aliphatic carbocycles. The van der Waals surface area contributed by atoms with Gasteiger partial charge in [-0.2, -0.15) is 19.1 Å². The smallest absolute Gasteiger partial charge is 0.333 e. The summed E-state index contributed by atoms with van der Waals surface area (Å²) in [6.45, 7) is -2.73. The SMILES string of the molecule is N#Cc1cccc(CCc2nc(-c3ccc4nccnc4c3)c(-c3ccn(C(F)F)n3)[nH]2)c1. The number of alkyl halides is 2. The summed E-state index contributed by atoms with van der Waals surface area (Å²) in [5, 5.41) is 13.1. The van der Waals surface area contributed by atoms with Gasteiger partial charge in [0.15, 0.2) is 0 Å². The third-order valence-electron chi connectivity index (χ3n) is 5.27. The number of benzene rings is 2. The summed E-state index contributed by atoms with van der Waals surface area (Å²) in [6.07, 6.45) is 5.71. The van der Waals surface area contributed by atoms with Crippen molar-refractivity contribution in [2.24, 2.45) is 0 Å². The maximum absolute atomic E-state index is 13.1. The minimum atomic E-state index is -2.73. The van der Waals surface area contributed by atoms with Crippen molar-refractivity contribution in [3.63, 3.8) is 0 Å². The standard InChI is InChI=1S/C24H17F2N7/c25-24(26)33-11-8-19(32-33)23-22(17-5-6-18-20(13-17)29-10-9-28-18)30-21(31-23)7-4-15-2-1-3-16(12-15)14-27/h1-3,5-6,8-13,24H,4,7H2,(H,30,31). The Morgan fingerprint density at radius 2 is 1.85 bits per heavy atom. The first kappa shape index (κ1) is 20.5. The quantitative estimate of drug-likeness (QED) is 0.403. The number of hydrogen-bond donors (Lipinski definition) is 1. The predicted molar refractivity (Wildman–Crippen MR) is 118 cm³/mol. The molecule has 0 saturated carbocycles. The first-order valence-electron chi connectivity index (χ1n) is 10.2. The van der Waals surface area contributed by atoms with Gasteiger partial charge in [0.1, 0.15) is 11.5 Å². The first-order valence-corrected chi connectivity index (χ1v) is 10.2. The van der Waals surface area contributed by atoms with Gasteiger partial charge < -0.3 is 4.98 Å². The molecular formula is C24H17F2N7. The average Bonchev–Trinajstić information content (AvgIpc) is 3.50. The van der Waals surface area contributed by atoms with Crippen molar-refractivity contribution in [3.8, 4) is 28.7 Å². The molecule has 0 aliphatic rings. The van der Waals surface area contributed by atoms with E-state index in [0.717, 1.165) is 16.6 Å². The summed E-state index contributed by atoms with van der Waals surface area (Å²) < 4.78 is 26.8. The highest BCUT2D eigenvalue weighted by molar-refractivity contribution is 5.84. The number of imidazole rings is 1. The number of aromatic nitrogens is 6. The lowest BCUT2D eigenvalue weighted by molar-refractivity contribution is 0.0568. The van der Waals surface area contributed by atoms with Gasteiger partial charge >= 0.3 is 6.55 Å². The van der Waals surface area contributed by atoms with Crippen LogP contribution in [0.3, 0.4) is 0 Å². The fourth-order valence-electron chi connectivity index (χ4n) is 3.68. The Morgan fingerprint density at radius 3 is 2.64 bits per heavy atom. The average molecular weight is 441 g/mol. The Labute approximate surface area is 187 Å². The molecule has 5 rings (SSSR count). The van der Waals surface area contributed by atoms with E-state index in [1.54, 1.807) is 18.5 Å². The number of H-pyrrole nitrogens is 1. The van der Waals surface area contributed by atoms with Crippen LogP contribution in [0.15, 0.2) is 67.1 Å². The van der Waals surface area contributed by atoms with Crippen molar-refractivity contribution in [2.75, 3.05) is 0 Å². The van der Waals surface area contributed by atoms with Gasteiger partial charge in [-0.1, -0.05) is 18.2 Å². The van der Waals surface area contributed by atoms with E-state index in [2.05, 4.69) is 26.1 Å². The van der Waals surface area contributed by atoms with Crippen molar-refractivity contribution >= 4 is 11.0 Å². The molecule has 2 aromatic carbocycles. The number of fused-ring (bicyclic) bond motifs is 1. The summed E-state index contributed by atoms with van der Waals surface area (Å²) >= 11 is 0. The first-order chi connectivity index (χ1) is 16.1. The highest BCUT2D eigenvalue weighted by Crippen LogP contribution is 2.31. The topological polar surface area (TPSA) is 96.1 Å². The van der Waals surface area contributed by atoms with Gasteiger partial charge in [-0.15, -0.1) is 0 Å². The van der Waals surface area contributed by atoms with Gasteiger partial charge in [0.25, 0.3) is 0 Å². The molecule has 162 valence electrons. The van der Waals surface area contributed by atoms with Crippen LogP contribution in [0.4, 0.5) is 8.78 Å². The number of rotatable bonds is 6. The van der Waals surface area contributed by atoms with Gasteiger partial charge in [0.05, 0.1) is 34.1 Å². The molecule has 0 spiro atoms. The molecule has 33 heavy (non-hydrogen) atoms. The Kier molecular flexibility index (Phi) is 5.32. The number of aryl methyl sites for hydroxylation is 2. The van der Waals surface area contributed by atoms with Crippen LogP contribution >= 0.6 is 0 Å². The summed E-state index contributed by atoms with van der Waals surface area (Å²) in [6, 6.07) is 16.7. The highest BCUT2D eigenvalue weighted by atomic mass is 19.3. The number of halogens is 2. The zero-order valence-electron chi connectivity index (χ0n) is 17.3. The van der Waals surface area contributed by atoms with Crippen LogP contribution < -0.4 is 0 Å². The Balaban J connectivity index is 1.53. The van der Waals surface area contributed by atoms with E-state index in [4.69, 9.17) is 10.2 Å². The van der Waals surface area contributed by atoms with Gasteiger partial charge in [0, 0.05) is 30.6 Å². The second-order valence-corrected chi connectivity index (χ2v) is 7.44. The largest absolute Gasteiger partial charge is 0.340 e. The normalized spacial score (nSPS) is 11.2. The molecule has 9 heteroatoms. The van der Waals surface area contributed by atoms with Crippen molar-refractivity contribution in [1.82, 2.24) is 29.7 Å². The molecule has 0 aliphatic heterocycles. The molecule has 0 unspecified atom stereocenters. The van der Waals surface area contributed by atoms with Crippen LogP contribution in [0.25, 0.3) is 33.7 Å². The summed E-state index contributed by atoms with van der Waals surface area (Å²) in [7, 11) is 0. The van der Waals surface area contributed by atoms with Crippen LogP contribution in [0, 0.1) is 11.3 Å². The monoisotopic (exact) mass is 441 g/mol. The fraction of sp³-hybridized carbons (Fsp3) is 0.125. The summed E-state index contributed by atoms with van der Waals surface area (Å²) in [5.41, 5.74) is 5.36. The lowest BCUT2D eigenvalue weighted by atomic mass is 10.1. The number of aromatic amines is 1. The second kappa shape index (κ2) is 8.59. The van der Waals surface area contributed by atoms with E-state index in [9.17, 15) is 8.78 Å². The lowest BCUT2D eigenvalue weighted by Gasteiger charge is -2.03. The van der Waals surface area contributed by atoms with Gasteiger partial charge in [-0.05, 0) is 42.3 Å². The Bertz CT molecular complexity index is 1480. The molecule has 7 nitrogen and oxygen atoms in total. The third kappa shape index (κ3) is 4.19. The van der Waals surface area contributed by atoms with Crippen LogP contribution in [0.2, 0.25) is 0 Å². The van der Waals surface area contributed by atoms with Crippen molar-refractivity contribution in [2.45, 2.75) is 19.4 Å². The van der Waals surface area contributed by atoms with Gasteiger partial charge in [-0.3, -0.25) is 9.97 Å². The maximum atomic E-state index is 13.1. The Hall–Kier alpha value is -4.45. The predicted octanol–water partition coefficient (Wildman–Crippen LogP) is 4.94. The maximum Gasteiger partial charge on any atom is 0.333 e. The van der Waals surface area contributed by atoms with Gasteiger partial charge in [-0.25, -0.2) is 9.67 Å². The van der Waals surface area contributed by atoms with Crippen molar-refractivity contribution < 1.29 is 8.78 Å². The molecule has 0 bridgehead atoms.